The van der Waals surface area contributed by atoms with Gasteiger partial charge in [0.05, 0.1) is 0 Å². The SMILES string of the molecule is Cc1sc(CCC2(CCN)CCCCC2)cc1Br. The molecule has 0 aliphatic heterocycles. The van der Waals surface area contributed by atoms with Crippen LogP contribution in [0.25, 0.3) is 0 Å². The number of rotatable bonds is 5. The number of aryl methyl sites for hydroxylation is 2. The van der Waals surface area contributed by atoms with Gasteiger partial charge in [-0.1, -0.05) is 19.3 Å². The van der Waals surface area contributed by atoms with Crippen LogP contribution in [0.2, 0.25) is 0 Å². The van der Waals surface area contributed by atoms with Gasteiger partial charge in [-0.2, -0.15) is 0 Å². The fourth-order valence-corrected chi connectivity index (χ4v) is 4.86. The summed E-state index contributed by atoms with van der Waals surface area (Å²) in [5, 5.41) is 0. The third-order valence-corrected chi connectivity index (χ3v) is 6.60. The standard InChI is InChI=1S/C15H24BrNS/c1-12-14(16)11-13(18-12)5-8-15(9-10-17)6-3-2-4-7-15/h11H,2-10,17H2,1H3. The van der Waals surface area contributed by atoms with Crippen LogP contribution >= 0.6 is 27.3 Å². The molecule has 1 aliphatic carbocycles. The van der Waals surface area contributed by atoms with E-state index in [1.54, 1.807) is 0 Å². The highest BCUT2D eigenvalue weighted by molar-refractivity contribution is 9.10. The van der Waals surface area contributed by atoms with Crippen LogP contribution < -0.4 is 5.73 Å². The Labute approximate surface area is 123 Å². The predicted molar refractivity (Wildman–Crippen MR) is 84.3 cm³/mol. The number of hydrogen-bond donors (Lipinski definition) is 1. The van der Waals surface area contributed by atoms with E-state index >= 15 is 0 Å². The molecule has 0 aromatic carbocycles. The molecule has 0 radical (unpaired) electrons. The number of nitrogens with two attached hydrogens (primary N) is 1. The van der Waals surface area contributed by atoms with E-state index in [9.17, 15) is 0 Å². The van der Waals surface area contributed by atoms with Gasteiger partial charge in [0.15, 0.2) is 0 Å². The van der Waals surface area contributed by atoms with Gasteiger partial charge in [-0.15, -0.1) is 11.3 Å². The van der Waals surface area contributed by atoms with Crippen molar-refractivity contribution in [3.8, 4) is 0 Å². The predicted octanol–water partition coefficient (Wildman–Crippen LogP) is 5.05. The van der Waals surface area contributed by atoms with Gasteiger partial charge < -0.3 is 5.73 Å². The van der Waals surface area contributed by atoms with E-state index in [1.807, 2.05) is 11.3 Å². The fourth-order valence-electron chi connectivity index (χ4n) is 3.26. The van der Waals surface area contributed by atoms with Crippen molar-refractivity contribution < 1.29 is 0 Å². The second-order valence-corrected chi connectivity index (χ2v) is 7.91. The molecule has 1 saturated carbocycles. The first-order valence-corrected chi connectivity index (χ1v) is 8.71. The Kier molecular flexibility index (Phi) is 5.28. The van der Waals surface area contributed by atoms with Crippen molar-refractivity contribution >= 4 is 27.3 Å². The van der Waals surface area contributed by atoms with Crippen molar-refractivity contribution in [1.29, 1.82) is 0 Å². The van der Waals surface area contributed by atoms with Crippen molar-refractivity contribution in [2.24, 2.45) is 11.1 Å². The minimum Gasteiger partial charge on any atom is -0.330 e. The summed E-state index contributed by atoms with van der Waals surface area (Å²) < 4.78 is 1.28. The molecule has 0 atom stereocenters. The molecule has 1 heterocycles. The third kappa shape index (κ3) is 3.58. The summed E-state index contributed by atoms with van der Waals surface area (Å²) in [6.45, 7) is 3.04. The van der Waals surface area contributed by atoms with Gasteiger partial charge in [-0.05, 0) is 73.0 Å². The summed E-state index contributed by atoms with van der Waals surface area (Å²) in [6, 6.07) is 2.30. The lowest BCUT2D eigenvalue weighted by molar-refractivity contribution is 0.161. The van der Waals surface area contributed by atoms with Crippen LogP contribution in [0.1, 0.15) is 54.7 Å². The van der Waals surface area contributed by atoms with Crippen LogP contribution in [-0.2, 0) is 6.42 Å². The van der Waals surface area contributed by atoms with Gasteiger partial charge in [0.1, 0.15) is 0 Å². The Morgan fingerprint density at radius 2 is 2.00 bits per heavy atom. The average Bonchev–Trinajstić information content (AvgIpc) is 2.68. The van der Waals surface area contributed by atoms with Crippen LogP contribution in [-0.4, -0.2) is 6.54 Å². The summed E-state index contributed by atoms with van der Waals surface area (Å²) in [5.41, 5.74) is 6.39. The molecule has 0 unspecified atom stereocenters. The molecule has 2 rings (SSSR count). The minimum absolute atomic E-state index is 0.553. The van der Waals surface area contributed by atoms with Gasteiger partial charge in [0, 0.05) is 14.2 Å². The monoisotopic (exact) mass is 329 g/mol. The van der Waals surface area contributed by atoms with Crippen molar-refractivity contribution in [3.63, 3.8) is 0 Å². The van der Waals surface area contributed by atoms with E-state index in [0.29, 0.717) is 5.41 Å². The summed E-state index contributed by atoms with van der Waals surface area (Å²) in [7, 11) is 0. The lowest BCUT2D eigenvalue weighted by Gasteiger charge is -2.37. The maximum atomic E-state index is 5.84. The highest BCUT2D eigenvalue weighted by atomic mass is 79.9. The Bertz CT molecular complexity index is 355. The molecule has 2 N–H and O–H groups in total. The maximum Gasteiger partial charge on any atom is 0.0314 e. The van der Waals surface area contributed by atoms with Gasteiger partial charge in [-0.3, -0.25) is 0 Å². The zero-order valence-electron chi connectivity index (χ0n) is 11.3. The summed E-state index contributed by atoms with van der Waals surface area (Å²) in [4.78, 5) is 2.93. The zero-order chi connectivity index (χ0) is 13.0. The first kappa shape index (κ1) is 14.5. The molecule has 3 heteroatoms. The first-order valence-electron chi connectivity index (χ1n) is 7.10. The van der Waals surface area contributed by atoms with Crippen LogP contribution in [0.3, 0.4) is 0 Å². The summed E-state index contributed by atoms with van der Waals surface area (Å²) in [5.74, 6) is 0. The zero-order valence-corrected chi connectivity index (χ0v) is 13.7. The molecule has 102 valence electrons. The highest BCUT2D eigenvalue weighted by Gasteiger charge is 2.30. The molecule has 0 saturated heterocycles. The highest BCUT2D eigenvalue weighted by Crippen LogP contribution is 2.43. The normalized spacial score (nSPS) is 19.1. The molecular weight excluding hydrogens is 306 g/mol. The Morgan fingerprint density at radius 1 is 1.28 bits per heavy atom. The molecule has 1 aromatic heterocycles. The number of thiophene rings is 1. The summed E-state index contributed by atoms with van der Waals surface area (Å²) >= 11 is 5.56. The molecule has 1 aromatic rings. The average molecular weight is 330 g/mol. The molecule has 1 nitrogen and oxygen atoms in total. The first-order chi connectivity index (χ1) is 8.65. The Morgan fingerprint density at radius 3 is 2.56 bits per heavy atom. The van der Waals surface area contributed by atoms with Crippen LogP contribution in [0.4, 0.5) is 0 Å². The lowest BCUT2D eigenvalue weighted by Crippen LogP contribution is -2.27. The van der Waals surface area contributed by atoms with Crippen molar-refractivity contribution in [3.05, 3.63) is 20.3 Å². The van der Waals surface area contributed by atoms with Crippen LogP contribution in [0, 0.1) is 12.3 Å². The quantitative estimate of drug-likeness (QED) is 0.803. The minimum atomic E-state index is 0.553. The smallest absolute Gasteiger partial charge is 0.0314 e. The largest absolute Gasteiger partial charge is 0.330 e. The van der Waals surface area contributed by atoms with Crippen molar-refractivity contribution in [1.82, 2.24) is 0 Å². The van der Waals surface area contributed by atoms with E-state index in [4.69, 9.17) is 5.73 Å². The second-order valence-electron chi connectivity index (χ2n) is 5.72. The van der Waals surface area contributed by atoms with E-state index < -0.39 is 0 Å². The molecule has 0 bridgehead atoms. The van der Waals surface area contributed by atoms with Crippen molar-refractivity contribution in [2.75, 3.05) is 6.54 Å². The van der Waals surface area contributed by atoms with E-state index in [1.165, 1.54) is 65.6 Å². The van der Waals surface area contributed by atoms with Crippen LogP contribution in [0.5, 0.6) is 0 Å². The Hall–Kier alpha value is 0.140. The van der Waals surface area contributed by atoms with Crippen LogP contribution in [0.15, 0.2) is 10.5 Å². The molecular formula is C15H24BrNS. The second kappa shape index (κ2) is 6.53. The van der Waals surface area contributed by atoms with E-state index in [2.05, 4.69) is 28.9 Å². The topological polar surface area (TPSA) is 26.0 Å². The van der Waals surface area contributed by atoms with Gasteiger partial charge in [-0.25, -0.2) is 0 Å². The van der Waals surface area contributed by atoms with Gasteiger partial charge in [0.2, 0.25) is 0 Å². The van der Waals surface area contributed by atoms with Gasteiger partial charge >= 0.3 is 0 Å². The number of halogens is 1. The molecule has 18 heavy (non-hydrogen) atoms. The van der Waals surface area contributed by atoms with E-state index in [0.717, 1.165) is 6.54 Å². The molecule has 0 amide bonds. The molecule has 1 fully saturated rings. The maximum absolute atomic E-state index is 5.84. The van der Waals surface area contributed by atoms with Crippen molar-refractivity contribution in [2.45, 2.75) is 58.3 Å². The summed E-state index contributed by atoms with van der Waals surface area (Å²) in [6.07, 6.45) is 10.8. The molecule has 0 spiro atoms. The Balaban J connectivity index is 1.96. The third-order valence-electron chi connectivity index (χ3n) is 4.40. The number of hydrogen-bond acceptors (Lipinski definition) is 2. The van der Waals surface area contributed by atoms with E-state index in [-0.39, 0.29) is 0 Å². The molecule has 1 aliphatic rings. The van der Waals surface area contributed by atoms with Gasteiger partial charge in [0.25, 0.3) is 0 Å². The fraction of sp³-hybridized carbons (Fsp3) is 0.733. The lowest BCUT2D eigenvalue weighted by atomic mass is 9.69.